The van der Waals surface area contributed by atoms with E-state index in [1.54, 1.807) is 23.3 Å². The van der Waals surface area contributed by atoms with E-state index in [-0.39, 0.29) is 5.78 Å². The Balaban J connectivity index is 2.06. The van der Waals surface area contributed by atoms with Crippen LogP contribution in [0.4, 0.5) is 0 Å². The second-order valence-electron chi connectivity index (χ2n) is 3.94. The predicted molar refractivity (Wildman–Crippen MR) is 72.5 cm³/mol. The fourth-order valence-corrected chi connectivity index (χ4v) is 2.32. The van der Waals surface area contributed by atoms with E-state index in [1.165, 1.54) is 0 Å². The standard InChI is InChI=1S/C13H14BrN3O/c1-2-17-13(11(14)9-16-17)12(18)6-5-10-4-3-7-15-8-10/h3-4,7-9H,2,5-6H2,1H3. The van der Waals surface area contributed by atoms with Gasteiger partial charge in [-0.1, -0.05) is 6.07 Å². The van der Waals surface area contributed by atoms with Crippen molar-refractivity contribution < 1.29 is 4.79 Å². The highest BCUT2D eigenvalue weighted by Crippen LogP contribution is 2.18. The van der Waals surface area contributed by atoms with Crippen LogP contribution in [-0.4, -0.2) is 20.5 Å². The van der Waals surface area contributed by atoms with Crippen molar-refractivity contribution in [2.24, 2.45) is 0 Å². The van der Waals surface area contributed by atoms with Gasteiger partial charge in [-0.2, -0.15) is 5.10 Å². The van der Waals surface area contributed by atoms with Gasteiger partial charge in [-0.05, 0) is 40.9 Å². The number of hydrogen-bond donors (Lipinski definition) is 0. The molecule has 94 valence electrons. The summed E-state index contributed by atoms with van der Waals surface area (Å²) in [7, 11) is 0. The Morgan fingerprint density at radius 3 is 2.94 bits per heavy atom. The molecule has 18 heavy (non-hydrogen) atoms. The summed E-state index contributed by atoms with van der Waals surface area (Å²) < 4.78 is 2.48. The number of carbonyl (C=O) groups excluding carboxylic acids is 1. The number of pyridine rings is 1. The zero-order valence-electron chi connectivity index (χ0n) is 10.1. The van der Waals surface area contributed by atoms with Crippen LogP contribution >= 0.6 is 15.9 Å². The molecule has 2 rings (SSSR count). The lowest BCUT2D eigenvalue weighted by Crippen LogP contribution is -2.10. The number of aromatic nitrogens is 3. The molecule has 0 saturated carbocycles. The van der Waals surface area contributed by atoms with Crippen LogP contribution in [-0.2, 0) is 13.0 Å². The Kier molecular flexibility index (Phi) is 4.25. The quantitative estimate of drug-likeness (QED) is 0.798. The van der Waals surface area contributed by atoms with Gasteiger partial charge in [0.15, 0.2) is 5.78 Å². The molecule has 0 amide bonds. The second-order valence-corrected chi connectivity index (χ2v) is 4.80. The number of rotatable bonds is 5. The molecule has 0 fully saturated rings. The summed E-state index contributed by atoms with van der Waals surface area (Å²) in [6, 6.07) is 3.86. The third-order valence-corrected chi connectivity index (χ3v) is 3.30. The fourth-order valence-electron chi connectivity index (χ4n) is 1.80. The van der Waals surface area contributed by atoms with E-state index >= 15 is 0 Å². The first-order valence-electron chi connectivity index (χ1n) is 5.85. The van der Waals surface area contributed by atoms with Gasteiger partial charge in [-0.15, -0.1) is 0 Å². The van der Waals surface area contributed by atoms with Crippen LogP contribution in [0.5, 0.6) is 0 Å². The van der Waals surface area contributed by atoms with E-state index in [9.17, 15) is 4.79 Å². The summed E-state index contributed by atoms with van der Waals surface area (Å²) in [5, 5.41) is 4.15. The summed E-state index contributed by atoms with van der Waals surface area (Å²) in [6.07, 6.45) is 6.36. The Bertz CT molecular complexity index is 536. The molecule has 0 spiro atoms. The summed E-state index contributed by atoms with van der Waals surface area (Å²) in [5.41, 5.74) is 1.73. The van der Waals surface area contributed by atoms with Crippen LogP contribution in [0.2, 0.25) is 0 Å². The SMILES string of the molecule is CCn1ncc(Br)c1C(=O)CCc1cccnc1. The van der Waals surface area contributed by atoms with Crippen molar-refractivity contribution in [3.05, 3.63) is 46.5 Å². The molecule has 0 atom stereocenters. The molecule has 0 aliphatic heterocycles. The maximum atomic E-state index is 12.2. The number of aryl methyl sites for hydroxylation is 2. The molecule has 2 aromatic heterocycles. The monoisotopic (exact) mass is 307 g/mol. The average molecular weight is 308 g/mol. The lowest BCUT2D eigenvalue weighted by Gasteiger charge is -2.04. The number of nitrogens with zero attached hydrogens (tertiary/aromatic N) is 3. The third-order valence-electron chi connectivity index (χ3n) is 2.72. The van der Waals surface area contributed by atoms with Gasteiger partial charge >= 0.3 is 0 Å². The van der Waals surface area contributed by atoms with Gasteiger partial charge in [-0.25, -0.2) is 0 Å². The number of hydrogen-bond acceptors (Lipinski definition) is 3. The van der Waals surface area contributed by atoms with Crippen LogP contribution in [0.15, 0.2) is 35.2 Å². The molecule has 0 aliphatic carbocycles. The van der Waals surface area contributed by atoms with E-state index in [0.717, 1.165) is 10.0 Å². The molecule has 0 N–H and O–H groups in total. The minimum absolute atomic E-state index is 0.102. The van der Waals surface area contributed by atoms with Gasteiger partial charge in [0.25, 0.3) is 0 Å². The van der Waals surface area contributed by atoms with Crippen molar-refractivity contribution >= 4 is 21.7 Å². The molecule has 0 bridgehead atoms. The molecule has 0 aromatic carbocycles. The third kappa shape index (κ3) is 2.85. The molecular formula is C13H14BrN3O. The molecule has 0 aliphatic rings. The molecule has 2 heterocycles. The summed E-state index contributed by atoms with van der Waals surface area (Å²) in [6.45, 7) is 2.66. The van der Waals surface area contributed by atoms with Gasteiger partial charge in [-0.3, -0.25) is 14.5 Å². The second kappa shape index (κ2) is 5.91. The summed E-state index contributed by atoms with van der Waals surface area (Å²) in [4.78, 5) is 16.2. The molecule has 0 saturated heterocycles. The molecule has 5 heteroatoms. The van der Waals surface area contributed by atoms with Gasteiger partial charge in [0.05, 0.1) is 10.7 Å². The van der Waals surface area contributed by atoms with Gasteiger partial charge < -0.3 is 0 Å². The van der Waals surface area contributed by atoms with Gasteiger partial charge in [0.2, 0.25) is 0 Å². The zero-order valence-corrected chi connectivity index (χ0v) is 11.7. The zero-order chi connectivity index (χ0) is 13.0. The van der Waals surface area contributed by atoms with Crippen LogP contribution in [0.1, 0.15) is 29.4 Å². The fraction of sp³-hybridized carbons (Fsp3) is 0.308. The minimum Gasteiger partial charge on any atom is -0.292 e. The van der Waals surface area contributed by atoms with Crippen molar-refractivity contribution in [2.75, 3.05) is 0 Å². The molecule has 2 aromatic rings. The Morgan fingerprint density at radius 1 is 1.44 bits per heavy atom. The van der Waals surface area contributed by atoms with Gasteiger partial charge in [0, 0.05) is 25.4 Å². The largest absolute Gasteiger partial charge is 0.292 e. The number of carbonyl (C=O) groups is 1. The van der Waals surface area contributed by atoms with E-state index < -0.39 is 0 Å². The first kappa shape index (κ1) is 13.0. The van der Waals surface area contributed by atoms with Gasteiger partial charge in [0.1, 0.15) is 5.69 Å². The van der Waals surface area contributed by atoms with E-state index in [4.69, 9.17) is 0 Å². The van der Waals surface area contributed by atoms with Crippen molar-refractivity contribution in [2.45, 2.75) is 26.3 Å². The van der Waals surface area contributed by atoms with Crippen LogP contribution in [0, 0.1) is 0 Å². The van der Waals surface area contributed by atoms with Crippen LogP contribution < -0.4 is 0 Å². The van der Waals surface area contributed by atoms with E-state index in [2.05, 4.69) is 26.0 Å². The molecule has 0 radical (unpaired) electrons. The molecular weight excluding hydrogens is 294 g/mol. The van der Waals surface area contributed by atoms with Crippen molar-refractivity contribution in [1.82, 2.24) is 14.8 Å². The number of Topliss-reactive ketones (excluding diaryl/α,β-unsaturated/α-hetero) is 1. The van der Waals surface area contributed by atoms with Crippen molar-refractivity contribution in [3.63, 3.8) is 0 Å². The highest BCUT2D eigenvalue weighted by Gasteiger charge is 2.15. The Morgan fingerprint density at radius 2 is 2.28 bits per heavy atom. The first-order chi connectivity index (χ1) is 8.72. The minimum atomic E-state index is 0.102. The lowest BCUT2D eigenvalue weighted by molar-refractivity contribution is 0.0971. The predicted octanol–water partition coefficient (Wildman–Crippen LogP) is 2.88. The number of ketones is 1. The normalized spacial score (nSPS) is 10.6. The van der Waals surface area contributed by atoms with Crippen molar-refractivity contribution in [1.29, 1.82) is 0 Å². The smallest absolute Gasteiger partial charge is 0.182 e. The Labute approximate surface area is 114 Å². The van der Waals surface area contributed by atoms with E-state index in [1.807, 2.05) is 19.1 Å². The molecule has 4 nitrogen and oxygen atoms in total. The number of halogens is 1. The first-order valence-corrected chi connectivity index (χ1v) is 6.65. The highest BCUT2D eigenvalue weighted by molar-refractivity contribution is 9.10. The maximum Gasteiger partial charge on any atom is 0.182 e. The van der Waals surface area contributed by atoms with Crippen LogP contribution in [0.25, 0.3) is 0 Å². The lowest BCUT2D eigenvalue weighted by atomic mass is 10.1. The van der Waals surface area contributed by atoms with Crippen molar-refractivity contribution in [3.8, 4) is 0 Å². The Hall–Kier alpha value is -1.49. The summed E-state index contributed by atoms with van der Waals surface area (Å²) >= 11 is 3.37. The summed E-state index contributed by atoms with van der Waals surface area (Å²) in [5.74, 6) is 0.102. The highest BCUT2D eigenvalue weighted by atomic mass is 79.9. The maximum absolute atomic E-state index is 12.2. The molecule has 0 unspecified atom stereocenters. The van der Waals surface area contributed by atoms with Crippen LogP contribution in [0.3, 0.4) is 0 Å². The average Bonchev–Trinajstić information content (AvgIpc) is 2.78. The van der Waals surface area contributed by atoms with E-state index in [0.29, 0.717) is 25.1 Å². The topological polar surface area (TPSA) is 47.8 Å².